The quantitative estimate of drug-likeness (QED) is 0.803. The molecule has 0 radical (unpaired) electrons. The van der Waals surface area contributed by atoms with E-state index in [-0.39, 0.29) is 5.82 Å². The Morgan fingerprint density at radius 2 is 1.78 bits per heavy atom. The van der Waals surface area contributed by atoms with Crippen LogP contribution in [-0.2, 0) is 12.8 Å². The highest BCUT2D eigenvalue weighted by Gasteiger charge is 2.24. The Balaban J connectivity index is 1.79. The van der Waals surface area contributed by atoms with E-state index in [0.29, 0.717) is 16.3 Å². The van der Waals surface area contributed by atoms with Gasteiger partial charge >= 0.3 is 6.03 Å². The van der Waals surface area contributed by atoms with Gasteiger partial charge < -0.3 is 11.1 Å². The van der Waals surface area contributed by atoms with Gasteiger partial charge in [0.05, 0.1) is 5.56 Å². The minimum atomic E-state index is -0.526. The van der Waals surface area contributed by atoms with Gasteiger partial charge in [-0.3, -0.25) is 10.1 Å². The third-order valence-corrected chi connectivity index (χ3v) is 4.95. The number of nitrogens with two attached hydrogens (primary N) is 1. The lowest BCUT2D eigenvalue weighted by molar-refractivity contribution is 0.100. The Morgan fingerprint density at radius 1 is 1.09 bits per heavy atom. The molecule has 5 nitrogen and oxygen atoms in total. The molecule has 2 aromatic rings. The molecule has 3 amide bonds. The highest BCUT2D eigenvalue weighted by atomic mass is 32.1. The summed E-state index contributed by atoms with van der Waals surface area (Å²) in [4.78, 5) is 25.0. The van der Waals surface area contributed by atoms with Gasteiger partial charge in [-0.1, -0.05) is 0 Å². The highest BCUT2D eigenvalue weighted by Crippen LogP contribution is 2.37. The molecule has 1 aromatic heterocycles. The first-order valence-corrected chi connectivity index (χ1v) is 8.14. The lowest BCUT2D eigenvalue weighted by atomic mass is 9.95. The maximum absolute atomic E-state index is 12.9. The number of halogens is 1. The van der Waals surface area contributed by atoms with Gasteiger partial charge in [0.1, 0.15) is 10.8 Å². The fourth-order valence-electron chi connectivity index (χ4n) is 2.71. The van der Waals surface area contributed by atoms with Crippen molar-refractivity contribution >= 4 is 34.0 Å². The van der Waals surface area contributed by atoms with Crippen molar-refractivity contribution in [2.75, 3.05) is 10.6 Å². The molecule has 7 heteroatoms. The fourth-order valence-corrected chi connectivity index (χ4v) is 4.00. The zero-order valence-corrected chi connectivity index (χ0v) is 13.1. The first kappa shape index (κ1) is 15.5. The normalized spacial score (nSPS) is 13.3. The molecular formula is C16H16FN3O2S. The maximum Gasteiger partial charge on any atom is 0.324 e. The number of anilines is 2. The number of amides is 3. The van der Waals surface area contributed by atoms with Crippen LogP contribution in [0, 0.1) is 5.82 Å². The molecule has 23 heavy (non-hydrogen) atoms. The van der Waals surface area contributed by atoms with Crippen LogP contribution < -0.4 is 16.4 Å². The molecule has 0 atom stereocenters. The van der Waals surface area contributed by atoms with Crippen molar-refractivity contribution in [1.29, 1.82) is 0 Å². The summed E-state index contributed by atoms with van der Waals surface area (Å²) < 4.78 is 12.9. The lowest BCUT2D eigenvalue weighted by Gasteiger charge is -2.11. The van der Waals surface area contributed by atoms with E-state index in [2.05, 4.69) is 10.6 Å². The predicted octanol–water partition coefficient (Wildman–Crippen LogP) is 3.51. The van der Waals surface area contributed by atoms with Gasteiger partial charge in [0.2, 0.25) is 0 Å². The first-order valence-electron chi connectivity index (χ1n) is 7.32. The zero-order valence-electron chi connectivity index (χ0n) is 12.3. The molecule has 0 spiro atoms. The van der Waals surface area contributed by atoms with Crippen LogP contribution in [-0.4, -0.2) is 11.9 Å². The van der Waals surface area contributed by atoms with Crippen LogP contribution in [0.25, 0.3) is 0 Å². The van der Waals surface area contributed by atoms with Gasteiger partial charge in [0, 0.05) is 10.6 Å². The number of carbonyl (C=O) groups is 2. The Kier molecular flexibility index (Phi) is 4.29. The van der Waals surface area contributed by atoms with Crippen LogP contribution in [0.3, 0.4) is 0 Å². The van der Waals surface area contributed by atoms with Crippen molar-refractivity contribution in [3.63, 3.8) is 0 Å². The minimum absolute atomic E-state index is 0.377. The molecule has 0 unspecified atom stereocenters. The smallest absolute Gasteiger partial charge is 0.324 e. The molecule has 0 bridgehead atoms. The van der Waals surface area contributed by atoms with Gasteiger partial charge in [-0.15, -0.1) is 11.3 Å². The molecular weight excluding hydrogens is 317 g/mol. The zero-order chi connectivity index (χ0) is 16.4. The number of thiophene rings is 1. The number of benzene rings is 1. The second-order valence-electron chi connectivity index (χ2n) is 5.37. The summed E-state index contributed by atoms with van der Waals surface area (Å²) >= 11 is 1.40. The minimum Gasteiger partial charge on any atom is -0.365 e. The van der Waals surface area contributed by atoms with E-state index in [1.165, 1.54) is 35.6 Å². The number of urea groups is 1. The number of hydrogen-bond acceptors (Lipinski definition) is 3. The average Bonchev–Trinajstić information content (AvgIpc) is 2.87. The summed E-state index contributed by atoms with van der Waals surface area (Å²) in [5, 5.41) is 5.76. The molecule has 1 aliphatic carbocycles. The van der Waals surface area contributed by atoms with Crippen LogP contribution in [0.4, 0.5) is 19.9 Å². The number of nitrogens with one attached hydrogen (secondary N) is 2. The van der Waals surface area contributed by atoms with E-state index in [0.717, 1.165) is 36.1 Å². The average molecular weight is 333 g/mol. The molecule has 3 rings (SSSR count). The summed E-state index contributed by atoms with van der Waals surface area (Å²) in [7, 11) is 0. The van der Waals surface area contributed by atoms with Crippen molar-refractivity contribution in [1.82, 2.24) is 0 Å². The van der Waals surface area contributed by atoms with E-state index in [1.807, 2.05) is 0 Å². The third kappa shape index (κ3) is 3.34. The predicted molar refractivity (Wildman–Crippen MR) is 88.5 cm³/mol. The monoisotopic (exact) mass is 333 g/mol. The van der Waals surface area contributed by atoms with Gasteiger partial charge in [0.15, 0.2) is 0 Å². The Morgan fingerprint density at radius 3 is 2.48 bits per heavy atom. The maximum atomic E-state index is 12.9. The van der Waals surface area contributed by atoms with Crippen LogP contribution in [0.5, 0.6) is 0 Å². The van der Waals surface area contributed by atoms with Crippen molar-refractivity contribution < 1.29 is 14.0 Å². The summed E-state index contributed by atoms with van der Waals surface area (Å²) in [5.74, 6) is -0.903. The van der Waals surface area contributed by atoms with Gasteiger partial charge in [-0.25, -0.2) is 9.18 Å². The standard InChI is InChI=1S/C16H16FN3O2S/c17-9-5-7-10(8-6-9)19-16(22)20-15-13(14(18)21)11-3-1-2-4-12(11)23-15/h5-8H,1-4H2,(H2,18,21)(H2,19,20,22). The molecule has 0 saturated heterocycles. The second kappa shape index (κ2) is 6.37. The molecule has 0 saturated carbocycles. The molecule has 0 aliphatic heterocycles. The lowest BCUT2D eigenvalue weighted by Crippen LogP contribution is -2.22. The van der Waals surface area contributed by atoms with Crippen molar-refractivity contribution in [2.24, 2.45) is 5.73 Å². The topological polar surface area (TPSA) is 84.2 Å². The summed E-state index contributed by atoms with van der Waals surface area (Å²) in [6.45, 7) is 0. The highest BCUT2D eigenvalue weighted by molar-refractivity contribution is 7.17. The van der Waals surface area contributed by atoms with Gasteiger partial charge in [0.25, 0.3) is 5.91 Å². The summed E-state index contributed by atoms with van der Waals surface area (Å²) in [6.07, 6.45) is 3.81. The molecule has 4 N–H and O–H groups in total. The van der Waals surface area contributed by atoms with Crippen LogP contribution in [0.15, 0.2) is 24.3 Å². The van der Waals surface area contributed by atoms with Crippen LogP contribution in [0.1, 0.15) is 33.6 Å². The van der Waals surface area contributed by atoms with E-state index in [1.54, 1.807) is 0 Å². The van der Waals surface area contributed by atoms with Crippen LogP contribution >= 0.6 is 11.3 Å². The number of fused-ring (bicyclic) bond motifs is 1. The molecule has 1 aliphatic rings. The number of primary amides is 1. The number of rotatable bonds is 3. The first-order chi connectivity index (χ1) is 11.0. The number of aryl methyl sites for hydroxylation is 1. The van der Waals surface area contributed by atoms with E-state index < -0.39 is 11.9 Å². The van der Waals surface area contributed by atoms with Crippen molar-refractivity contribution in [2.45, 2.75) is 25.7 Å². The SMILES string of the molecule is NC(=O)c1c(NC(=O)Nc2ccc(F)cc2)sc2c1CCCC2. The van der Waals surface area contributed by atoms with E-state index >= 15 is 0 Å². The van der Waals surface area contributed by atoms with Gasteiger partial charge in [-0.05, 0) is 55.5 Å². The van der Waals surface area contributed by atoms with Crippen molar-refractivity contribution in [3.05, 3.63) is 46.1 Å². The van der Waals surface area contributed by atoms with Crippen molar-refractivity contribution in [3.8, 4) is 0 Å². The second-order valence-corrected chi connectivity index (χ2v) is 6.47. The number of hydrogen-bond donors (Lipinski definition) is 3. The third-order valence-electron chi connectivity index (χ3n) is 3.75. The van der Waals surface area contributed by atoms with E-state index in [4.69, 9.17) is 5.73 Å². The van der Waals surface area contributed by atoms with Crippen LogP contribution in [0.2, 0.25) is 0 Å². The Bertz CT molecular complexity index is 755. The van der Waals surface area contributed by atoms with Gasteiger partial charge in [-0.2, -0.15) is 0 Å². The molecule has 1 aromatic carbocycles. The Labute approximate surface area is 136 Å². The Hall–Kier alpha value is -2.41. The molecule has 1 heterocycles. The van der Waals surface area contributed by atoms with E-state index in [9.17, 15) is 14.0 Å². The summed E-state index contributed by atoms with van der Waals surface area (Å²) in [6, 6.07) is 4.95. The molecule has 0 fully saturated rings. The summed E-state index contributed by atoms with van der Waals surface area (Å²) in [5.41, 5.74) is 7.33. The largest absolute Gasteiger partial charge is 0.365 e. The molecule has 120 valence electrons. The fraction of sp³-hybridized carbons (Fsp3) is 0.250. The number of carbonyl (C=O) groups excluding carboxylic acids is 2.